The van der Waals surface area contributed by atoms with Crippen molar-refractivity contribution >= 4 is 28.9 Å². The van der Waals surface area contributed by atoms with Crippen LogP contribution < -0.4 is 25.0 Å². The highest BCUT2D eigenvalue weighted by molar-refractivity contribution is 6.00. The van der Waals surface area contributed by atoms with E-state index in [-0.39, 0.29) is 12.1 Å². The summed E-state index contributed by atoms with van der Waals surface area (Å²) >= 11 is 0. The Kier molecular flexibility index (Phi) is 6.76. The molecule has 0 saturated carbocycles. The van der Waals surface area contributed by atoms with Crippen molar-refractivity contribution in [1.82, 2.24) is 15.3 Å². The van der Waals surface area contributed by atoms with E-state index < -0.39 is 11.8 Å². The van der Waals surface area contributed by atoms with Gasteiger partial charge in [0.25, 0.3) is 11.8 Å². The van der Waals surface area contributed by atoms with Gasteiger partial charge in [0.1, 0.15) is 0 Å². The third kappa shape index (κ3) is 4.77. The number of fused-ring (bicyclic) bond motifs is 1. The van der Waals surface area contributed by atoms with E-state index in [1.54, 1.807) is 6.21 Å². The molecule has 1 heterocycles. The molecule has 2 aromatic carbocycles. The second kappa shape index (κ2) is 9.66. The number of carbonyl (C=O) groups is 2. The maximum absolute atomic E-state index is 12.4. The second-order valence-electron chi connectivity index (χ2n) is 6.60. The van der Waals surface area contributed by atoms with Crippen LogP contribution in [0.4, 0.5) is 0 Å². The third-order valence-electron chi connectivity index (χ3n) is 4.66. The highest BCUT2D eigenvalue weighted by Gasteiger charge is 2.17. The summed E-state index contributed by atoms with van der Waals surface area (Å²) in [6.45, 7) is -0.248. The van der Waals surface area contributed by atoms with Crippen LogP contribution in [0.25, 0.3) is 10.9 Å². The van der Waals surface area contributed by atoms with Gasteiger partial charge in [0.05, 0.1) is 34.1 Å². The molecule has 0 fully saturated rings. The first-order valence-electron chi connectivity index (χ1n) is 9.42. The first kappa shape index (κ1) is 21.7. The number of benzene rings is 2. The van der Waals surface area contributed by atoms with E-state index >= 15 is 0 Å². The number of nitrogens with one attached hydrogen (secondary N) is 2. The zero-order chi connectivity index (χ0) is 22.4. The predicted octanol–water partition coefficient (Wildman–Crippen LogP) is 2.08. The van der Waals surface area contributed by atoms with E-state index in [1.165, 1.54) is 33.5 Å². The van der Waals surface area contributed by atoms with Crippen LogP contribution in [0.15, 0.2) is 47.7 Å². The summed E-state index contributed by atoms with van der Waals surface area (Å²) in [7, 11) is 6.33. The Morgan fingerprint density at radius 3 is 2.39 bits per heavy atom. The quantitative estimate of drug-likeness (QED) is 0.426. The van der Waals surface area contributed by atoms with E-state index in [9.17, 15) is 9.59 Å². The summed E-state index contributed by atoms with van der Waals surface area (Å²) in [5.74, 6) is 0.138. The van der Waals surface area contributed by atoms with Gasteiger partial charge < -0.3 is 24.1 Å². The zero-order valence-electron chi connectivity index (χ0n) is 17.8. The van der Waals surface area contributed by atoms with Crippen molar-refractivity contribution in [2.45, 2.75) is 0 Å². The minimum Gasteiger partial charge on any atom is -0.493 e. The number of amides is 2. The van der Waals surface area contributed by atoms with Crippen LogP contribution in [-0.2, 0) is 11.8 Å². The lowest BCUT2D eigenvalue weighted by molar-refractivity contribution is -0.120. The van der Waals surface area contributed by atoms with Gasteiger partial charge in [-0.05, 0) is 18.2 Å². The Bertz CT molecular complexity index is 1110. The lowest BCUT2D eigenvalue weighted by Gasteiger charge is -2.14. The Morgan fingerprint density at radius 2 is 1.74 bits per heavy atom. The number of hydrazone groups is 1. The lowest BCUT2D eigenvalue weighted by Crippen LogP contribution is -2.34. The molecule has 0 aliphatic heterocycles. The van der Waals surface area contributed by atoms with Gasteiger partial charge in [-0.1, -0.05) is 18.2 Å². The molecule has 31 heavy (non-hydrogen) atoms. The van der Waals surface area contributed by atoms with E-state index in [4.69, 9.17) is 14.2 Å². The second-order valence-corrected chi connectivity index (χ2v) is 6.60. The van der Waals surface area contributed by atoms with Gasteiger partial charge in [0.15, 0.2) is 11.5 Å². The number of methoxy groups -OCH3 is 3. The Hall–Kier alpha value is -4.01. The molecule has 2 amide bonds. The van der Waals surface area contributed by atoms with Gasteiger partial charge in [-0.3, -0.25) is 9.59 Å². The number of nitrogens with zero attached hydrogens (tertiary/aromatic N) is 2. The molecular formula is C22H24N4O5. The number of rotatable bonds is 8. The van der Waals surface area contributed by atoms with E-state index in [0.29, 0.717) is 17.2 Å². The molecule has 0 spiro atoms. The summed E-state index contributed by atoms with van der Waals surface area (Å²) in [6, 6.07) is 10.9. The molecular weight excluding hydrogens is 400 g/mol. The number of ether oxygens (including phenoxy) is 3. The van der Waals surface area contributed by atoms with E-state index in [0.717, 1.165) is 16.5 Å². The van der Waals surface area contributed by atoms with Crippen molar-refractivity contribution in [3.8, 4) is 17.2 Å². The fourth-order valence-electron chi connectivity index (χ4n) is 3.16. The van der Waals surface area contributed by atoms with Gasteiger partial charge in [-0.15, -0.1) is 0 Å². The normalized spacial score (nSPS) is 10.8. The van der Waals surface area contributed by atoms with Gasteiger partial charge >= 0.3 is 0 Å². The topological polar surface area (TPSA) is 103 Å². The number of aryl methyl sites for hydroxylation is 1. The van der Waals surface area contributed by atoms with Crippen LogP contribution in [0.2, 0.25) is 0 Å². The summed E-state index contributed by atoms with van der Waals surface area (Å²) in [5.41, 5.74) is 4.62. The highest BCUT2D eigenvalue weighted by Crippen LogP contribution is 2.38. The minimum atomic E-state index is -0.465. The van der Waals surface area contributed by atoms with Crippen molar-refractivity contribution in [1.29, 1.82) is 0 Å². The van der Waals surface area contributed by atoms with Crippen LogP contribution in [-0.4, -0.2) is 50.5 Å². The van der Waals surface area contributed by atoms with E-state index in [2.05, 4.69) is 15.8 Å². The van der Waals surface area contributed by atoms with Gasteiger partial charge in [-0.25, -0.2) is 5.43 Å². The van der Waals surface area contributed by atoms with E-state index in [1.807, 2.05) is 42.1 Å². The van der Waals surface area contributed by atoms with Crippen molar-refractivity contribution in [3.05, 3.63) is 53.7 Å². The molecule has 1 aromatic heterocycles. The Labute approximate surface area is 179 Å². The lowest BCUT2D eigenvalue weighted by atomic mass is 10.1. The molecule has 0 atom stereocenters. The molecule has 0 aliphatic rings. The van der Waals surface area contributed by atoms with Crippen LogP contribution >= 0.6 is 0 Å². The predicted molar refractivity (Wildman–Crippen MR) is 117 cm³/mol. The van der Waals surface area contributed by atoms with Crippen molar-refractivity contribution in [2.24, 2.45) is 12.1 Å². The molecule has 3 rings (SSSR count). The fourth-order valence-corrected chi connectivity index (χ4v) is 3.16. The molecule has 162 valence electrons. The minimum absolute atomic E-state index is 0.248. The maximum Gasteiger partial charge on any atom is 0.259 e. The Balaban J connectivity index is 1.60. The molecule has 0 bridgehead atoms. The first-order valence-corrected chi connectivity index (χ1v) is 9.42. The van der Waals surface area contributed by atoms with Gasteiger partial charge in [0.2, 0.25) is 5.75 Å². The van der Waals surface area contributed by atoms with Gasteiger partial charge in [0, 0.05) is 35.3 Å². The number of hydrogen-bond acceptors (Lipinski definition) is 6. The summed E-state index contributed by atoms with van der Waals surface area (Å²) < 4.78 is 17.7. The number of carbonyl (C=O) groups excluding carboxylic acids is 2. The maximum atomic E-state index is 12.4. The van der Waals surface area contributed by atoms with Crippen molar-refractivity contribution in [3.63, 3.8) is 0 Å². The SMILES string of the molecule is COc1cc(C(=O)NCC(=O)N/N=C/c2cn(C)c3ccccc23)cc(OC)c1OC. The van der Waals surface area contributed by atoms with Crippen LogP contribution in [0.5, 0.6) is 17.2 Å². The molecule has 0 saturated heterocycles. The largest absolute Gasteiger partial charge is 0.493 e. The molecule has 9 nitrogen and oxygen atoms in total. The van der Waals surface area contributed by atoms with Crippen LogP contribution in [0.3, 0.4) is 0 Å². The standard InChI is InChI=1S/C22H24N4O5/c1-26-13-15(16-7-5-6-8-17(16)26)11-24-25-20(27)12-23-22(28)14-9-18(29-2)21(31-4)19(10-14)30-3/h5-11,13H,12H2,1-4H3,(H,23,28)(H,25,27)/b24-11+. The van der Waals surface area contributed by atoms with Crippen molar-refractivity contribution in [2.75, 3.05) is 27.9 Å². The zero-order valence-corrected chi connectivity index (χ0v) is 17.8. The summed E-state index contributed by atoms with van der Waals surface area (Å²) in [4.78, 5) is 24.5. The fraction of sp³-hybridized carbons (Fsp3) is 0.227. The molecule has 3 aromatic rings. The first-order chi connectivity index (χ1) is 15.0. The molecule has 9 heteroatoms. The highest BCUT2D eigenvalue weighted by atomic mass is 16.5. The van der Waals surface area contributed by atoms with Crippen LogP contribution in [0.1, 0.15) is 15.9 Å². The summed E-state index contributed by atoms with van der Waals surface area (Å²) in [6.07, 6.45) is 3.49. The Morgan fingerprint density at radius 1 is 1.06 bits per heavy atom. The number of hydrogen-bond donors (Lipinski definition) is 2. The number of para-hydroxylation sites is 1. The third-order valence-corrected chi connectivity index (χ3v) is 4.66. The average Bonchev–Trinajstić information content (AvgIpc) is 3.12. The smallest absolute Gasteiger partial charge is 0.259 e. The molecule has 0 radical (unpaired) electrons. The summed E-state index contributed by atoms with van der Waals surface area (Å²) in [5, 5.41) is 7.55. The van der Waals surface area contributed by atoms with Gasteiger partial charge in [-0.2, -0.15) is 5.10 Å². The van der Waals surface area contributed by atoms with Crippen LogP contribution in [0, 0.1) is 0 Å². The average molecular weight is 424 g/mol. The molecule has 0 unspecified atom stereocenters. The molecule has 2 N–H and O–H groups in total. The molecule has 0 aliphatic carbocycles. The number of aromatic nitrogens is 1. The van der Waals surface area contributed by atoms with Crippen molar-refractivity contribution < 1.29 is 23.8 Å². The monoisotopic (exact) mass is 424 g/mol.